The molecule has 0 spiro atoms. The van der Waals surface area contributed by atoms with Crippen LogP contribution in [0.1, 0.15) is 63.5 Å². The number of hydrogen-bond acceptors (Lipinski definition) is 14. The van der Waals surface area contributed by atoms with E-state index in [0.29, 0.717) is 10.1 Å². The second-order valence-electron chi connectivity index (χ2n) is 16.3. The van der Waals surface area contributed by atoms with E-state index < -0.39 is 133 Å². The van der Waals surface area contributed by atoms with Gasteiger partial charge in [-0.25, -0.2) is 18.4 Å². The molecule has 0 saturated carbocycles. The van der Waals surface area contributed by atoms with E-state index in [9.17, 15) is 49.2 Å². The molecule has 8 N–H and O–H groups in total. The molecule has 2 saturated heterocycles. The summed E-state index contributed by atoms with van der Waals surface area (Å²) >= 11 is 26.0. The molecule has 4 rings (SSSR count). The molecule has 0 radical (unpaired) electrons. The number of hydrogen-bond donors (Lipinski definition) is 6. The predicted octanol–water partition coefficient (Wildman–Crippen LogP) is 5.22. The van der Waals surface area contributed by atoms with Gasteiger partial charge in [-0.15, -0.1) is 10.1 Å². The number of carbonyl (C=O) groups is 6. The summed E-state index contributed by atoms with van der Waals surface area (Å²) in [4.78, 5) is 94.3. The molecule has 18 nitrogen and oxygen atoms in total. The first kappa shape index (κ1) is 54.6. The van der Waals surface area contributed by atoms with Crippen molar-refractivity contribution >= 4 is 82.2 Å². The molecule has 2 aromatic carbocycles. The zero-order chi connectivity index (χ0) is 49.7. The van der Waals surface area contributed by atoms with E-state index in [4.69, 9.17) is 77.0 Å². The average Bonchev–Trinajstić information content (AvgIpc) is 3.26. The molecular weight excluding hydrogens is 964 g/mol. The summed E-state index contributed by atoms with van der Waals surface area (Å²) in [6.07, 6.45) is -0.938. The molecular formula is C42H52Cl4F2N4O14. The minimum absolute atomic E-state index is 0.103. The normalized spacial score (nSPS) is 30.4. The predicted molar refractivity (Wildman–Crippen MR) is 233 cm³/mol. The first-order valence-electron chi connectivity index (χ1n) is 20.6. The largest absolute Gasteiger partial charge is 0.481 e. The Kier molecular flexibility index (Phi) is 18.2. The van der Waals surface area contributed by atoms with Gasteiger partial charge in [-0.05, 0) is 49.9 Å². The third-order valence-electron chi connectivity index (χ3n) is 13.4. The number of carboxylic acid groups (broad SMARTS) is 4. The topological polar surface area (TPSA) is 279 Å². The van der Waals surface area contributed by atoms with Crippen molar-refractivity contribution in [2.24, 2.45) is 33.1 Å². The van der Waals surface area contributed by atoms with Crippen molar-refractivity contribution < 1.29 is 77.1 Å². The third kappa shape index (κ3) is 9.05. The maximum Gasteiger partial charge on any atom is 0.438 e. The van der Waals surface area contributed by atoms with E-state index in [1.807, 2.05) is 0 Å². The number of nitrogens with zero attached hydrogens (tertiary/aromatic N) is 2. The Morgan fingerprint density at radius 2 is 0.939 bits per heavy atom. The summed E-state index contributed by atoms with van der Waals surface area (Å²) in [5, 5.41) is 44.4. The number of hydroxylamine groups is 4. The summed E-state index contributed by atoms with van der Waals surface area (Å²) in [6.45, 7) is -0.798. The molecule has 2 fully saturated rings. The lowest BCUT2D eigenvalue weighted by Crippen LogP contribution is -2.73. The number of nitrogens with two attached hydrogens (primary N) is 2. The van der Waals surface area contributed by atoms with Crippen LogP contribution in [0.3, 0.4) is 0 Å². The van der Waals surface area contributed by atoms with Crippen LogP contribution in [0.4, 0.5) is 8.78 Å². The van der Waals surface area contributed by atoms with Gasteiger partial charge in [-0.3, -0.25) is 19.2 Å². The summed E-state index contributed by atoms with van der Waals surface area (Å²) in [7, 11) is 0. The Hall–Kier alpha value is -3.96. The second-order valence-corrected chi connectivity index (χ2v) is 17.9. The van der Waals surface area contributed by atoms with Crippen LogP contribution in [0.2, 0.25) is 20.1 Å². The van der Waals surface area contributed by atoms with Crippen LogP contribution in [0.5, 0.6) is 0 Å². The fraction of sp³-hybridized carbons (Fsp3) is 0.571. The summed E-state index contributed by atoms with van der Waals surface area (Å²) in [6, 6.07) is 0.123. The van der Waals surface area contributed by atoms with Crippen LogP contribution in [-0.4, -0.2) is 143 Å². The van der Waals surface area contributed by atoms with Crippen molar-refractivity contribution in [2.75, 3.05) is 52.9 Å². The molecule has 0 aromatic heterocycles. The number of alkyl halides is 2. The molecule has 66 heavy (non-hydrogen) atoms. The van der Waals surface area contributed by atoms with Gasteiger partial charge < -0.3 is 51.0 Å². The molecule has 0 bridgehead atoms. The van der Waals surface area contributed by atoms with E-state index in [2.05, 4.69) is 0 Å². The van der Waals surface area contributed by atoms with E-state index in [0.717, 1.165) is 13.8 Å². The lowest BCUT2D eigenvalue weighted by atomic mass is 9.51. The van der Waals surface area contributed by atoms with Crippen molar-refractivity contribution in [2.45, 2.75) is 76.5 Å². The van der Waals surface area contributed by atoms with Gasteiger partial charge in [0.05, 0.1) is 92.3 Å². The fourth-order valence-corrected chi connectivity index (χ4v) is 11.0. The zero-order valence-corrected chi connectivity index (χ0v) is 39.2. The van der Waals surface area contributed by atoms with Crippen molar-refractivity contribution in [3.63, 3.8) is 0 Å². The van der Waals surface area contributed by atoms with E-state index in [1.165, 1.54) is 50.2 Å². The van der Waals surface area contributed by atoms with Crippen molar-refractivity contribution in [3.8, 4) is 0 Å². The Balaban J connectivity index is 1.97. The number of rotatable bonds is 20. The number of halogens is 6. The second kappa shape index (κ2) is 22.0. The molecule has 366 valence electrons. The maximum absolute atomic E-state index is 15.8. The van der Waals surface area contributed by atoms with Gasteiger partial charge in [0.25, 0.3) is 0 Å². The van der Waals surface area contributed by atoms with Gasteiger partial charge in [0.15, 0.2) is 0 Å². The monoisotopic (exact) mass is 1010 g/mol. The first-order chi connectivity index (χ1) is 31.1. The van der Waals surface area contributed by atoms with Crippen LogP contribution < -0.4 is 11.5 Å². The lowest BCUT2D eigenvalue weighted by molar-refractivity contribution is -0.298. The number of aliphatic carboxylic acids is 4. The van der Waals surface area contributed by atoms with Gasteiger partial charge in [-0.1, -0.05) is 84.5 Å². The average molecular weight is 1020 g/mol. The minimum atomic E-state index is -2.59. The Morgan fingerprint density at radius 1 is 0.606 bits per heavy atom. The molecule has 2 aromatic rings. The van der Waals surface area contributed by atoms with Gasteiger partial charge in [0.1, 0.15) is 13.3 Å². The molecule has 0 amide bonds. The fourth-order valence-electron chi connectivity index (χ4n) is 10.2. The van der Waals surface area contributed by atoms with Gasteiger partial charge in [-0.2, -0.15) is 0 Å². The molecule has 2 aliphatic rings. The van der Waals surface area contributed by atoms with Crippen LogP contribution in [0.15, 0.2) is 36.4 Å². The van der Waals surface area contributed by atoms with Gasteiger partial charge >= 0.3 is 35.8 Å². The number of piperidine rings is 2. The third-order valence-corrected chi connectivity index (χ3v) is 15.1. The molecule has 2 aliphatic heterocycles. The van der Waals surface area contributed by atoms with Crippen LogP contribution in [0.25, 0.3) is 0 Å². The number of carbonyl (C=O) groups excluding carboxylic acids is 2. The molecule has 0 aliphatic carbocycles. The van der Waals surface area contributed by atoms with Gasteiger partial charge in [0.2, 0.25) is 0 Å². The molecule has 2 heterocycles. The smallest absolute Gasteiger partial charge is 0.438 e. The van der Waals surface area contributed by atoms with Crippen molar-refractivity contribution in [3.05, 3.63) is 67.6 Å². The van der Waals surface area contributed by atoms with E-state index >= 15 is 8.78 Å². The quantitative estimate of drug-likeness (QED) is 0.0732. The maximum atomic E-state index is 15.8. The van der Waals surface area contributed by atoms with E-state index in [-0.39, 0.29) is 57.5 Å². The summed E-state index contributed by atoms with van der Waals surface area (Å²) in [5.74, 6) is -14.7. The molecule has 10 atom stereocenters. The standard InChI is InChI=1S/C42H52Cl4F2N4O14/c1-5-41(37(59)60)27(19-63-15-13-49)51(25(17-47)39(3,35(55)56)31(41)21-9-7-11-23(43)29(21)45)65-33(53)34(54)66-52-26(18-48)40(4,36(57)58)32(22-10-8-12-24(44)30(22)46)42(6-2,38(61)62)28(52)20-64-16-14-50/h7-12,25-28,31-32H,5-6,13-20,49-50H2,1-4H3,(H,55,56)(H,57,58)(H,59,60)(H,61,62). The van der Waals surface area contributed by atoms with Crippen molar-refractivity contribution in [1.29, 1.82) is 0 Å². The minimum Gasteiger partial charge on any atom is -0.481 e. The van der Waals surface area contributed by atoms with E-state index in [1.54, 1.807) is 0 Å². The summed E-state index contributed by atoms with van der Waals surface area (Å²) in [5.41, 5.74) is 1.03. The Labute approximate surface area is 398 Å². The Bertz CT molecular complexity index is 2020. The highest BCUT2D eigenvalue weighted by Crippen LogP contribution is 2.63. The van der Waals surface area contributed by atoms with Crippen LogP contribution in [0, 0.1) is 21.7 Å². The van der Waals surface area contributed by atoms with Crippen LogP contribution >= 0.6 is 46.4 Å². The number of carboxylic acids is 4. The van der Waals surface area contributed by atoms with Gasteiger partial charge in [0, 0.05) is 24.9 Å². The number of ether oxygens (including phenoxy) is 2. The summed E-state index contributed by atoms with van der Waals surface area (Å²) < 4.78 is 42.9. The number of benzene rings is 2. The highest BCUT2D eigenvalue weighted by molar-refractivity contribution is 6.43. The SMILES string of the molecule is CCC1(C(=O)O)C(COCCN)N(OC(=O)C(=O)ON2C(CF)C(C)(C(=O)O)C(c3cccc(Cl)c3Cl)C(CC)(C(=O)O)C2COCCN)C(CF)C(C)(C(=O)O)C1c1cccc(Cl)c1Cl. The molecule has 24 heteroatoms. The zero-order valence-electron chi connectivity index (χ0n) is 36.2. The highest BCUT2D eigenvalue weighted by Gasteiger charge is 2.73. The Morgan fingerprint density at radius 3 is 1.20 bits per heavy atom. The first-order valence-corrected chi connectivity index (χ1v) is 22.1. The van der Waals surface area contributed by atoms with Crippen LogP contribution in [-0.2, 0) is 47.9 Å². The lowest BCUT2D eigenvalue weighted by Gasteiger charge is -2.60. The highest BCUT2D eigenvalue weighted by atomic mass is 35.5. The van der Waals surface area contributed by atoms with Crippen molar-refractivity contribution in [1.82, 2.24) is 10.1 Å². The molecule has 10 unspecified atom stereocenters.